The third-order valence-corrected chi connectivity index (χ3v) is 11.3. The van der Waals surface area contributed by atoms with Crippen LogP contribution in [0.15, 0.2) is 90.3 Å². The van der Waals surface area contributed by atoms with Gasteiger partial charge < -0.3 is 26.6 Å². The highest BCUT2D eigenvalue weighted by molar-refractivity contribution is 7.92. The summed E-state index contributed by atoms with van der Waals surface area (Å²) in [4.78, 5) is 54.9. The molecule has 15 heteroatoms. The van der Waals surface area contributed by atoms with Crippen LogP contribution in [-0.2, 0) is 32.6 Å². The van der Waals surface area contributed by atoms with E-state index in [4.69, 9.17) is 11.6 Å². The lowest BCUT2D eigenvalue weighted by molar-refractivity contribution is -0.131. The molecule has 4 rings (SSSR count). The second-order valence-electron chi connectivity index (χ2n) is 13.8. The zero-order valence-electron chi connectivity index (χ0n) is 31.8. The van der Waals surface area contributed by atoms with E-state index >= 15 is 0 Å². The third kappa shape index (κ3) is 12.9. The molecule has 3 aromatic carbocycles. The SMILES string of the molecule is CC(C)[C@H](NC(=O)[C@H](C)NC[C@H](Cc1ccccc1)NC(=O)c1cc(C(=O)N[C@H](C)c2cccc(Cl)c2)cc(N(C)S(C)(=O)=O)c1)C(=O)NCc1cccs1. The summed E-state index contributed by atoms with van der Waals surface area (Å²) < 4.78 is 26.1. The first-order valence-corrected chi connectivity index (χ1v) is 21.0. The number of halogens is 1. The Morgan fingerprint density at radius 2 is 1.47 bits per heavy atom. The first-order chi connectivity index (χ1) is 26.0. The van der Waals surface area contributed by atoms with E-state index in [0.717, 1.165) is 26.6 Å². The van der Waals surface area contributed by atoms with Crippen LogP contribution >= 0.6 is 22.9 Å². The Labute approximate surface area is 332 Å². The molecule has 0 aliphatic rings. The van der Waals surface area contributed by atoms with Crippen molar-refractivity contribution in [3.63, 3.8) is 0 Å². The van der Waals surface area contributed by atoms with Gasteiger partial charge in [0, 0.05) is 40.7 Å². The van der Waals surface area contributed by atoms with Crippen LogP contribution in [0.5, 0.6) is 0 Å². The number of benzene rings is 3. The average molecular weight is 809 g/mol. The monoisotopic (exact) mass is 808 g/mol. The Morgan fingerprint density at radius 3 is 2.07 bits per heavy atom. The topological polar surface area (TPSA) is 166 Å². The Bertz CT molecular complexity index is 2050. The summed E-state index contributed by atoms with van der Waals surface area (Å²) >= 11 is 7.69. The molecule has 0 radical (unpaired) electrons. The second-order valence-corrected chi connectivity index (χ2v) is 17.2. The molecule has 0 saturated carbocycles. The molecule has 4 amide bonds. The van der Waals surface area contributed by atoms with Crippen LogP contribution in [0.3, 0.4) is 0 Å². The first kappa shape index (κ1) is 43.0. The predicted molar refractivity (Wildman–Crippen MR) is 219 cm³/mol. The molecule has 0 saturated heterocycles. The minimum Gasteiger partial charge on any atom is -0.349 e. The number of nitrogens with zero attached hydrogens (tertiary/aromatic N) is 1. The Kier molecular flexibility index (Phi) is 15.4. The summed E-state index contributed by atoms with van der Waals surface area (Å²) in [6.07, 6.45) is 1.42. The van der Waals surface area contributed by atoms with Crippen molar-refractivity contribution in [2.75, 3.05) is 24.2 Å². The maximum absolute atomic E-state index is 14.0. The van der Waals surface area contributed by atoms with Crippen molar-refractivity contribution in [3.8, 4) is 0 Å². The number of hydrogen-bond acceptors (Lipinski definition) is 8. The van der Waals surface area contributed by atoms with Gasteiger partial charge in [0.25, 0.3) is 11.8 Å². The van der Waals surface area contributed by atoms with Crippen molar-refractivity contribution in [1.82, 2.24) is 26.6 Å². The van der Waals surface area contributed by atoms with E-state index in [-0.39, 0.29) is 41.1 Å². The molecule has 12 nitrogen and oxygen atoms in total. The normalized spacial score (nSPS) is 13.6. The minimum atomic E-state index is -3.75. The maximum Gasteiger partial charge on any atom is 0.251 e. The van der Waals surface area contributed by atoms with Gasteiger partial charge in [0.05, 0.1) is 30.6 Å². The van der Waals surface area contributed by atoms with E-state index < -0.39 is 46.0 Å². The zero-order chi connectivity index (χ0) is 40.3. The van der Waals surface area contributed by atoms with Gasteiger partial charge in [0.2, 0.25) is 21.8 Å². The molecule has 1 aromatic heterocycles. The van der Waals surface area contributed by atoms with Crippen molar-refractivity contribution in [2.45, 2.75) is 64.8 Å². The Hall–Kier alpha value is -4.76. The molecule has 1 heterocycles. The van der Waals surface area contributed by atoms with E-state index in [9.17, 15) is 27.6 Å². The largest absolute Gasteiger partial charge is 0.349 e. The fourth-order valence-electron chi connectivity index (χ4n) is 5.65. The van der Waals surface area contributed by atoms with Gasteiger partial charge in [-0.3, -0.25) is 23.5 Å². The van der Waals surface area contributed by atoms with Crippen molar-refractivity contribution in [2.24, 2.45) is 5.92 Å². The standard InChI is InChI=1S/C40H49ClN6O6S2/c1-25(2)36(40(51)43-24-35-16-11-17-54-35)46-37(48)27(4)42-23-33(18-28-12-8-7-9-13-28)45-39(50)31-19-30(21-34(22-31)47(5)55(6,52)53)38(49)44-26(3)29-14-10-15-32(41)20-29/h7-17,19-22,25-27,33,36,42H,18,23-24H2,1-6H3,(H,43,51)(H,44,49)(H,45,50)(H,46,48)/t26-,27+,33+,36+/m1/s1. The summed E-state index contributed by atoms with van der Waals surface area (Å²) in [6, 6.07) is 22.1. The molecule has 0 fully saturated rings. The fourth-order valence-corrected chi connectivity index (χ4v) is 6.98. The quantitative estimate of drug-likeness (QED) is 0.0938. The number of sulfonamides is 1. The van der Waals surface area contributed by atoms with Gasteiger partial charge in [-0.15, -0.1) is 11.3 Å². The van der Waals surface area contributed by atoms with E-state index in [2.05, 4.69) is 26.6 Å². The van der Waals surface area contributed by atoms with E-state index in [1.54, 1.807) is 32.0 Å². The lowest BCUT2D eigenvalue weighted by Gasteiger charge is -2.26. The van der Waals surface area contributed by atoms with Crippen LogP contribution in [0.25, 0.3) is 0 Å². The van der Waals surface area contributed by atoms with Gasteiger partial charge in [0.1, 0.15) is 6.04 Å². The molecule has 55 heavy (non-hydrogen) atoms. The smallest absolute Gasteiger partial charge is 0.251 e. The molecule has 5 N–H and O–H groups in total. The second kappa shape index (κ2) is 19.7. The highest BCUT2D eigenvalue weighted by atomic mass is 35.5. The summed E-state index contributed by atoms with van der Waals surface area (Å²) in [5, 5.41) is 17.3. The predicted octanol–water partition coefficient (Wildman–Crippen LogP) is 5.06. The van der Waals surface area contributed by atoms with Crippen molar-refractivity contribution in [3.05, 3.63) is 122 Å². The highest BCUT2D eigenvalue weighted by Gasteiger charge is 2.27. The molecule has 294 valence electrons. The average Bonchev–Trinajstić information content (AvgIpc) is 3.68. The Morgan fingerprint density at radius 1 is 0.800 bits per heavy atom. The van der Waals surface area contributed by atoms with Crippen molar-refractivity contribution < 1.29 is 27.6 Å². The van der Waals surface area contributed by atoms with Gasteiger partial charge in [-0.25, -0.2) is 8.42 Å². The van der Waals surface area contributed by atoms with Gasteiger partial charge in [-0.05, 0) is 79.1 Å². The lowest BCUT2D eigenvalue weighted by atomic mass is 10.0. The van der Waals surface area contributed by atoms with E-state index in [0.29, 0.717) is 18.0 Å². The summed E-state index contributed by atoms with van der Waals surface area (Å²) in [6.45, 7) is 7.72. The molecule has 0 bridgehead atoms. The van der Waals surface area contributed by atoms with Crippen LogP contribution in [0, 0.1) is 5.92 Å². The summed E-state index contributed by atoms with van der Waals surface area (Å²) in [7, 11) is -2.41. The van der Waals surface area contributed by atoms with Gasteiger partial charge in [0.15, 0.2) is 0 Å². The molecule has 0 aliphatic heterocycles. The Balaban J connectivity index is 1.52. The van der Waals surface area contributed by atoms with Crippen molar-refractivity contribution >= 4 is 62.3 Å². The number of nitrogens with one attached hydrogen (secondary N) is 5. The maximum atomic E-state index is 14.0. The molecule has 0 unspecified atom stereocenters. The number of carbonyl (C=O) groups excluding carboxylic acids is 4. The zero-order valence-corrected chi connectivity index (χ0v) is 34.1. The molecule has 4 aromatic rings. The lowest BCUT2D eigenvalue weighted by Crippen LogP contribution is -2.55. The van der Waals surface area contributed by atoms with E-state index in [1.165, 1.54) is 36.6 Å². The number of thiophene rings is 1. The fraction of sp³-hybridized carbons (Fsp3) is 0.350. The van der Waals surface area contributed by atoms with Crippen LogP contribution in [0.4, 0.5) is 5.69 Å². The van der Waals surface area contributed by atoms with Crippen LogP contribution in [-0.4, -0.2) is 70.0 Å². The number of amides is 4. The van der Waals surface area contributed by atoms with Crippen LogP contribution < -0.4 is 30.9 Å². The third-order valence-electron chi connectivity index (χ3n) is 8.99. The van der Waals surface area contributed by atoms with Gasteiger partial charge >= 0.3 is 0 Å². The van der Waals surface area contributed by atoms with Gasteiger partial charge in [-0.1, -0.05) is 74.0 Å². The summed E-state index contributed by atoms with van der Waals surface area (Å²) in [5.74, 6) is -1.91. The molecular formula is C40H49ClN6O6S2. The highest BCUT2D eigenvalue weighted by Crippen LogP contribution is 2.23. The van der Waals surface area contributed by atoms with Crippen LogP contribution in [0.2, 0.25) is 5.02 Å². The molecule has 0 spiro atoms. The number of anilines is 1. The number of hydrogen-bond donors (Lipinski definition) is 5. The minimum absolute atomic E-state index is 0.0609. The molecule has 0 aliphatic carbocycles. The number of carbonyl (C=O) groups is 4. The first-order valence-electron chi connectivity index (χ1n) is 17.9. The molecular weight excluding hydrogens is 760 g/mol. The molecule has 4 atom stereocenters. The van der Waals surface area contributed by atoms with Crippen molar-refractivity contribution in [1.29, 1.82) is 0 Å². The summed E-state index contributed by atoms with van der Waals surface area (Å²) in [5.41, 5.74) is 1.95. The van der Waals surface area contributed by atoms with E-state index in [1.807, 2.05) is 67.8 Å². The number of rotatable bonds is 18. The van der Waals surface area contributed by atoms with Gasteiger partial charge in [-0.2, -0.15) is 0 Å². The van der Waals surface area contributed by atoms with Crippen LogP contribution in [0.1, 0.15) is 70.5 Å².